The normalized spacial score (nSPS) is 11.3. The average Bonchev–Trinajstić information content (AvgIpc) is 2.48. The molecule has 2 N–H and O–H groups in total. The van der Waals surface area contributed by atoms with Crippen LogP contribution in [0.25, 0.3) is 0 Å². The molecule has 0 bridgehead atoms. The minimum Gasteiger partial charge on any atom is -0.325 e. The third-order valence-electron chi connectivity index (χ3n) is 2.71. The summed E-state index contributed by atoms with van der Waals surface area (Å²) >= 11 is 3.05. The second-order valence-corrected chi connectivity index (χ2v) is 7.11. The maximum absolute atomic E-state index is 13.6. The van der Waals surface area contributed by atoms with Gasteiger partial charge in [0.15, 0.2) is 0 Å². The van der Waals surface area contributed by atoms with Crippen molar-refractivity contribution in [3.63, 3.8) is 0 Å². The van der Waals surface area contributed by atoms with Gasteiger partial charge in [-0.25, -0.2) is 21.9 Å². The van der Waals surface area contributed by atoms with Crippen molar-refractivity contribution in [2.45, 2.75) is 4.90 Å². The summed E-state index contributed by atoms with van der Waals surface area (Å²) < 4.78 is 53.0. The largest absolute Gasteiger partial charge is 0.325 e. The van der Waals surface area contributed by atoms with Crippen LogP contribution < -0.4 is 10.0 Å². The van der Waals surface area contributed by atoms with Gasteiger partial charge in [0.25, 0.3) is 0 Å². The molecule has 0 aliphatic heterocycles. The van der Waals surface area contributed by atoms with Gasteiger partial charge in [-0.15, -0.1) is 0 Å². The summed E-state index contributed by atoms with van der Waals surface area (Å²) in [6.45, 7) is -0.620. The van der Waals surface area contributed by atoms with Crippen LogP contribution >= 0.6 is 15.9 Å². The van der Waals surface area contributed by atoms with Crippen molar-refractivity contribution in [1.29, 1.82) is 0 Å². The highest BCUT2D eigenvalue weighted by molar-refractivity contribution is 9.10. The van der Waals surface area contributed by atoms with E-state index in [1.807, 2.05) is 4.72 Å². The van der Waals surface area contributed by atoms with Crippen molar-refractivity contribution in [3.05, 3.63) is 58.6 Å². The molecular weight excluding hydrogens is 394 g/mol. The molecule has 0 saturated heterocycles. The standard InChI is InChI=1S/C14H11BrF2N2O3S/c15-9-4-5-12(17)13(6-9)23(21,22)18-8-14(20)19-11-3-1-2-10(16)7-11/h1-7,18H,8H2,(H,19,20). The van der Waals surface area contributed by atoms with Crippen molar-refractivity contribution in [2.24, 2.45) is 0 Å². The number of hydrogen-bond acceptors (Lipinski definition) is 3. The van der Waals surface area contributed by atoms with Gasteiger partial charge >= 0.3 is 0 Å². The first-order valence-electron chi connectivity index (χ1n) is 6.28. The molecule has 122 valence electrons. The number of anilines is 1. The fourth-order valence-electron chi connectivity index (χ4n) is 1.69. The Morgan fingerprint density at radius 1 is 1.13 bits per heavy atom. The second kappa shape index (κ2) is 7.16. The van der Waals surface area contributed by atoms with E-state index in [2.05, 4.69) is 21.2 Å². The lowest BCUT2D eigenvalue weighted by Crippen LogP contribution is -2.33. The van der Waals surface area contributed by atoms with Gasteiger partial charge in [0.2, 0.25) is 15.9 Å². The third kappa shape index (κ3) is 4.81. The maximum atomic E-state index is 13.6. The molecule has 0 unspecified atom stereocenters. The summed E-state index contributed by atoms with van der Waals surface area (Å²) in [6, 6.07) is 8.56. The minimum atomic E-state index is -4.20. The molecule has 0 atom stereocenters. The van der Waals surface area contributed by atoms with Crippen LogP contribution in [0.15, 0.2) is 51.8 Å². The molecule has 2 aromatic rings. The minimum absolute atomic E-state index is 0.183. The number of carbonyl (C=O) groups is 1. The number of halogens is 3. The third-order valence-corrected chi connectivity index (χ3v) is 4.62. The van der Waals surface area contributed by atoms with E-state index in [-0.39, 0.29) is 5.69 Å². The van der Waals surface area contributed by atoms with Crippen LogP contribution in [0.3, 0.4) is 0 Å². The Kier molecular flexibility index (Phi) is 5.45. The molecule has 2 rings (SSSR count). The highest BCUT2D eigenvalue weighted by Gasteiger charge is 2.20. The molecule has 0 fully saturated rings. The van der Waals surface area contributed by atoms with Crippen molar-refractivity contribution < 1.29 is 22.0 Å². The van der Waals surface area contributed by atoms with E-state index in [4.69, 9.17) is 0 Å². The lowest BCUT2D eigenvalue weighted by molar-refractivity contribution is -0.115. The molecule has 23 heavy (non-hydrogen) atoms. The number of sulfonamides is 1. The van der Waals surface area contributed by atoms with Gasteiger partial charge in [0.05, 0.1) is 6.54 Å². The van der Waals surface area contributed by atoms with Gasteiger partial charge in [-0.1, -0.05) is 22.0 Å². The fourth-order valence-corrected chi connectivity index (χ4v) is 3.29. The first-order chi connectivity index (χ1) is 10.8. The molecule has 0 spiro atoms. The molecule has 0 aromatic heterocycles. The number of carbonyl (C=O) groups excluding carboxylic acids is 1. The number of hydrogen-bond donors (Lipinski definition) is 2. The van der Waals surface area contributed by atoms with Crippen LogP contribution in [-0.2, 0) is 14.8 Å². The number of rotatable bonds is 5. The van der Waals surface area contributed by atoms with Crippen molar-refractivity contribution in [2.75, 3.05) is 11.9 Å². The summed E-state index contributed by atoms with van der Waals surface area (Å²) in [6.07, 6.45) is 0. The van der Waals surface area contributed by atoms with E-state index in [0.717, 1.165) is 18.2 Å². The molecule has 0 saturated carbocycles. The summed E-state index contributed by atoms with van der Waals surface area (Å²) in [7, 11) is -4.20. The molecular formula is C14H11BrF2N2O3S. The zero-order chi connectivity index (χ0) is 17.0. The molecule has 1 amide bonds. The number of amides is 1. The smallest absolute Gasteiger partial charge is 0.243 e. The molecule has 2 aromatic carbocycles. The van der Waals surface area contributed by atoms with Crippen LogP contribution in [0.5, 0.6) is 0 Å². The SMILES string of the molecule is O=C(CNS(=O)(=O)c1cc(Br)ccc1F)Nc1cccc(F)c1. The van der Waals surface area contributed by atoms with E-state index in [1.54, 1.807) is 0 Å². The summed E-state index contributed by atoms with van der Waals surface area (Å²) in [4.78, 5) is 11.1. The highest BCUT2D eigenvalue weighted by atomic mass is 79.9. The predicted molar refractivity (Wildman–Crippen MR) is 84.3 cm³/mol. The van der Waals surface area contributed by atoms with E-state index in [0.29, 0.717) is 4.47 Å². The van der Waals surface area contributed by atoms with Gasteiger partial charge in [0.1, 0.15) is 16.5 Å². The van der Waals surface area contributed by atoms with Gasteiger partial charge in [-0.3, -0.25) is 4.79 Å². The van der Waals surface area contributed by atoms with Crippen LogP contribution in [0.2, 0.25) is 0 Å². The average molecular weight is 405 g/mol. The summed E-state index contributed by atoms with van der Waals surface area (Å²) in [5.74, 6) is -2.19. The van der Waals surface area contributed by atoms with Crippen molar-refractivity contribution in [3.8, 4) is 0 Å². The Hall–Kier alpha value is -1.84. The van der Waals surface area contributed by atoms with Crippen LogP contribution in [0.4, 0.5) is 14.5 Å². The van der Waals surface area contributed by atoms with Gasteiger partial charge in [-0.05, 0) is 36.4 Å². The Labute approximate surface area is 139 Å². The molecule has 0 heterocycles. The quantitative estimate of drug-likeness (QED) is 0.804. The lowest BCUT2D eigenvalue weighted by atomic mass is 10.3. The van der Waals surface area contributed by atoms with Crippen molar-refractivity contribution >= 4 is 37.5 Å². The maximum Gasteiger partial charge on any atom is 0.243 e. The van der Waals surface area contributed by atoms with E-state index in [9.17, 15) is 22.0 Å². The highest BCUT2D eigenvalue weighted by Crippen LogP contribution is 2.19. The summed E-state index contributed by atoms with van der Waals surface area (Å²) in [5, 5.41) is 2.32. The first-order valence-corrected chi connectivity index (χ1v) is 8.56. The Morgan fingerprint density at radius 3 is 2.57 bits per heavy atom. The molecule has 5 nitrogen and oxygen atoms in total. The lowest BCUT2D eigenvalue weighted by Gasteiger charge is -2.09. The topological polar surface area (TPSA) is 75.3 Å². The second-order valence-electron chi connectivity index (χ2n) is 4.46. The van der Waals surface area contributed by atoms with Crippen LogP contribution in [0, 0.1) is 11.6 Å². The fraction of sp³-hybridized carbons (Fsp3) is 0.0714. The Morgan fingerprint density at radius 2 is 1.87 bits per heavy atom. The Balaban J connectivity index is 2.04. The molecule has 0 aliphatic carbocycles. The molecule has 9 heteroatoms. The molecule has 0 radical (unpaired) electrons. The zero-order valence-corrected chi connectivity index (χ0v) is 13.9. The van der Waals surface area contributed by atoms with Gasteiger partial charge in [-0.2, -0.15) is 0 Å². The molecule has 0 aliphatic rings. The van der Waals surface area contributed by atoms with Gasteiger partial charge in [0, 0.05) is 10.2 Å². The number of benzene rings is 2. The van der Waals surface area contributed by atoms with E-state index < -0.39 is 39.0 Å². The van der Waals surface area contributed by atoms with E-state index >= 15 is 0 Å². The van der Waals surface area contributed by atoms with Crippen molar-refractivity contribution in [1.82, 2.24) is 4.72 Å². The predicted octanol–water partition coefficient (Wildman–Crippen LogP) is 2.64. The van der Waals surface area contributed by atoms with E-state index in [1.165, 1.54) is 24.3 Å². The van der Waals surface area contributed by atoms with Crippen LogP contribution in [0.1, 0.15) is 0 Å². The monoisotopic (exact) mass is 404 g/mol. The number of nitrogens with one attached hydrogen (secondary N) is 2. The summed E-state index contributed by atoms with van der Waals surface area (Å²) in [5.41, 5.74) is 0.183. The van der Waals surface area contributed by atoms with Crippen LogP contribution in [-0.4, -0.2) is 20.9 Å². The first kappa shape index (κ1) is 17.5. The zero-order valence-electron chi connectivity index (χ0n) is 11.5. The van der Waals surface area contributed by atoms with Gasteiger partial charge < -0.3 is 5.32 Å². The Bertz CT molecular complexity index is 844.